The standard InChI is InChI=1S/C22H18FN3O3S/c1-14-2-6-19(11-20(14)23)30(28,29)18-7-3-15(4-8-18)5-9-21(27)16-10-17-13-25-26-22(17)24-12-16/h2-4,6-8,10-13H,5,9H2,1H3,(H,24,25,26). The van der Waals surface area contributed by atoms with Gasteiger partial charge in [-0.05, 0) is 54.8 Å². The van der Waals surface area contributed by atoms with Gasteiger partial charge >= 0.3 is 0 Å². The van der Waals surface area contributed by atoms with E-state index in [9.17, 15) is 17.6 Å². The first-order valence-electron chi connectivity index (χ1n) is 9.27. The third-order valence-electron chi connectivity index (χ3n) is 4.94. The summed E-state index contributed by atoms with van der Waals surface area (Å²) in [5.74, 6) is -0.619. The summed E-state index contributed by atoms with van der Waals surface area (Å²) < 4.78 is 39.2. The zero-order valence-electron chi connectivity index (χ0n) is 16.1. The van der Waals surface area contributed by atoms with Gasteiger partial charge in [0.05, 0.1) is 16.0 Å². The van der Waals surface area contributed by atoms with E-state index >= 15 is 0 Å². The predicted octanol–water partition coefficient (Wildman–Crippen LogP) is 4.05. The van der Waals surface area contributed by atoms with E-state index < -0.39 is 15.7 Å². The number of carbonyl (C=O) groups is 1. The van der Waals surface area contributed by atoms with Crippen molar-refractivity contribution in [2.45, 2.75) is 29.6 Å². The van der Waals surface area contributed by atoms with Gasteiger partial charge in [0.25, 0.3) is 0 Å². The van der Waals surface area contributed by atoms with Gasteiger partial charge in [0, 0.05) is 23.6 Å². The van der Waals surface area contributed by atoms with Crippen LogP contribution in [0.3, 0.4) is 0 Å². The Bertz CT molecular complexity index is 1350. The van der Waals surface area contributed by atoms with E-state index in [1.165, 1.54) is 30.5 Å². The lowest BCUT2D eigenvalue weighted by molar-refractivity contribution is 0.0982. The van der Waals surface area contributed by atoms with Crippen LogP contribution in [-0.4, -0.2) is 29.4 Å². The monoisotopic (exact) mass is 423 g/mol. The van der Waals surface area contributed by atoms with Gasteiger partial charge in [-0.1, -0.05) is 18.2 Å². The van der Waals surface area contributed by atoms with Crippen molar-refractivity contribution < 1.29 is 17.6 Å². The average Bonchev–Trinajstić information content (AvgIpc) is 3.22. The SMILES string of the molecule is Cc1ccc(S(=O)(=O)c2ccc(CCC(=O)c3cnc4[nH]ncc4c3)cc2)cc1F. The second-order valence-electron chi connectivity index (χ2n) is 7.01. The molecule has 0 unspecified atom stereocenters. The second kappa shape index (κ2) is 7.79. The molecule has 2 aromatic heterocycles. The van der Waals surface area contributed by atoms with Crippen LogP contribution in [0.1, 0.15) is 27.9 Å². The van der Waals surface area contributed by atoms with Crippen LogP contribution in [0.25, 0.3) is 11.0 Å². The summed E-state index contributed by atoms with van der Waals surface area (Å²) in [5, 5.41) is 7.39. The number of aromatic nitrogens is 3. The number of rotatable bonds is 6. The third kappa shape index (κ3) is 3.86. The fourth-order valence-electron chi connectivity index (χ4n) is 3.10. The number of pyridine rings is 1. The highest BCUT2D eigenvalue weighted by Crippen LogP contribution is 2.23. The van der Waals surface area contributed by atoms with Gasteiger partial charge in [0.15, 0.2) is 11.4 Å². The van der Waals surface area contributed by atoms with Gasteiger partial charge in [0.2, 0.25) is 9.84 Å². The molecular formula is C22H18FN3O3S. The maximum Gasteiger partial charge on any atom is 0.206 e. The third-order valence-corrected chi connectivity index (χ3v) is 6.71. The number of nitrogens with one attached hydrogen (secondary N) is 1. The van der Waals surface area contributed by atoms with Crippen LogP contribution in [0.2, 0.25) is 0 Å². The molecule has 4 rings (SSSR count). The number of H-pyrrole nitrogens is 1. The van der Waals surface area contributed by atoms with E-state index in [0.29, 0.717) is 23.2 Å². The largest absolute Gasteiger partial charge is 0.294 e. The highest BCUT2D eigenvalue weighted by Gasteiger charge is 2.19. The van der Waals surface area contributed by atoms with Crippen molar-refractivity contribution in [3.8, 4) is 0 Å². The first kappa shape index (κ1) is 19.9. The summed E-state index contributed by atoms with van der Waals surface area (Å²) in [5.41, 5.74) is 2.34. The molecule has 30 heavy (non-hydrogen) atoms. The molecule has 0 radical (unpaired) electrons. The maximum absolute atomic E-state index is 13.8. The van der Waals surface area contributed by atoms with Crippen molar-refractivity contribution in [2.75, 3.05) is 0 Å². The number of hydrogen-bond acceptors (Lipinski definition) is 5. The Balaban J connectivity index is 1.46. The first-order valence-corrected chi connectivity index (χ1v) is 10.8. The Kier molecular flexibility index (Phi) is 5.17. The second-order valence-corrected chi connectivity index (χ2v) is 8.96. The lowest BCUT2D eigenvalue weighted by atomic mass is 10.0. The molecule has 0 saturated heterocycles. The van der Waals surface area contributed by atoms with Crippen molar-refractivity contribution in [3.05, 3.63) is 83.4 Å². The minimum atomic E-state index is -3.81. The molecule has 2 heterocycles. The molecule has 6 nitrogen and oxygen atoms in total. The number of hydrogen-bond donors (Lipinski definition) is 1. The smallest absolute Gasteiger partial charge is 0.206 e. The van der Waals surface area contributed by atoms with Gasteiger partial charge in [-0.15, -0.1) is 0 Å². The van der Waals surface area contributed by atoms with Crippen LogP contribution in [0.4, 0.5) is 4.39 Å². The van der Waals surface area contributed by atoms with Crippen LogP contribution < -0.4 is 0 Å². The van der Waals surface area contributed by atoms with E-state index in [-0.39, 0.29) is 22.0 Å². The number of nitrogens with zero attached hydrogens (tertiary/aromatic N) is 2. The first-order chi connectivity index (χ1) is 14.3. The Labute approximate surface area is 172 Å². The Hall–Kier alpha value is -3.39. The molecule has 0 amide bonds. The number of halogens is 1. The molecule has 8 heteroatoms. The van der Waals surface area contributed by atoms with Crippen LogP contribution >= 0.6 is 0 Å². The van der Waals surface area contributed by atoms with Gasteiger partial charge in [-0.3, -0.25) is 9.89 Å². The number of ketones is 1. The van der Waals surface area contributed by atoms with Gasteiger partial charge < -0.3 is 0 Å². The van der Waals surface area contributed by atoms with Gasteiger partial charge in [-0.2, -0.15) is 5.10 Å². The van der Waals surface area contributed by atoms with Crippen LogP contribution in [0, 0.1) is 12.7 Å². The van der Waals surface area contributed by atoms with Crippen LogP contribution in [-0.2, 0) is 16.3 Å². The number of aromatic amines is 1. The van der Waals surface area contributed by atoms with Crippen molar-refractivity contribution in [1.29, 1.82) is 0 Å². The van der Waals surface area contributed by atoms with E-state index in [1.54, 1.807) is 31.3 Å². The molecule has 0 spiro atoms. The normalized spacial score (nSPS) is 11.7. The highest BCUT2D eigenvalue weighted by atomic mass is 32.2. The van der Waals surface area contributed by atoms with Crippen molar-refractivity contribution in [2.24, 2.45) is 0 Å². The van der Waals surface area contributed by atoms with E-state index in [0.717, 1.165) is 17.0 Å². The number of Topliss-reactive ketones (excluding diaryl/α,β-unsaturated/α-hetero) is 1. The molecule has 0 aliphatic rings. The number of benzene rings is 2. The summed E-state index contributed by atoms with van der Waals surface area (Å²) in [7, 11) is -3.81. The zero-order chi connectivity index (χ0) is 21.3. The summed E-state index contributed by atoms with van der Waals surface area (Å²) in [6, 6.07) is 11.9. The van der Waals surface area contributed by atoms with Gasteiger partial charge in [-0.25, -0.2) is 17.8 Å². The molecule has 0 atom stereocenters. The molecule has 1 N–H and O–H groups in total. The Morgan fingerprint density at radius 2 is 1.77 bits per heavy atom. The summed E-state index contributed by atoms with van der Waals surface area (Å²) >= 11 is 0. The molecule has 0 bridgehead atoms. The molecule has 4 aromatic rings. The van der Waals surface area contributed by atoms with Crippen molar-refractivity contribution in [1.82, 2.24) is 15.2 Å². The molecule has 0 fully saturated rings. The number of carbonyl (C=O) groups excluding carboxylic acids is 1. The predicted molar refractivity (Wildman–Crippen MR) is 110 cm³/mol. The van der Waals surface area contributed by atoms with E-state index in [1.807, 2.05) is 0 Å². The van der Waals surface area contributed by atoms with E-state index in [4.69, 9.17) is 0 Å². The molecule has 0 saturated carbocycles. The maximum atomic E-state index is 13.8. The van der Waals surface area contributed by atoms with Crippen LogP contribution in [0.15, 0.2) is 70.7 Å². The molecule has 2 aromatic carbocycles. The van der Waals surface area contributed by atoms with Crippen LogP contribution in [0.5, 0.6) is 0 Å². The zero-order valence-corrected chi connectivity index (χ0v) is 16.9. The fraction of sp³-hybridized carbons (Fsp3) is 0.136. The average molecular weight is 423 g/mol. The number of fused-ring (bicyclic) bond motifs is 1. The number of aryl methyl sites for hydroxylation is 2. The minimum Gasteiger partial charge on any atom is -0.294 e. The lowest BCUT2D eigenvalue weighted by Crippen LogP contribution is -2.04. The number of sulfone groups is 1. The summed E-state index contributed by atoms with van der Waals surface area (Å²) in [6.45, 7) is 1.57. The van der Waals surface area contributed by atoms with Gasteiger partial charge in [0.1, 0.15) is 5.82 Å². The van der Waals surface area contributed by atoms with Crippen molar-refractivity contribution in [3.63, 3.8) is 0 Å². The lowest BCUT2D eigenvalue weighted by Gasteiger charge is -2.07. The van der Waals surface area contributed by atoms with E-state index in [2.05, 4.69) is 15.2 Å². The Morgan fingerprint density at radius 3 is 2.50 bits per heavy atom. The minimum absolute atomic E-state index is 0.0579. The fourth-order valence-corrected chi connectivity index (χ4v) is 4.38. The summed E-state index contributed by atoms with van der Waals surface area (Å²) in [4.78, 5) is 16.6. The molecule has 0 aliphatic heterocycles. The molecule has 152 valence electrons. The molecular weight excluding hydrogens is 405 g/mol. The molecule has 0 aliphatic carbocycles. The van der Waals surface area contributed by atoms with Crippen molar-refractivity contribution >= 4 is 26.7 Å². The summed E-state index contributed by atoms with van der Waals surface area (Å²) in [6.07, 6.45) is 3.85. The highest BCUT2D eigenvalue weighted by molar-refractivity contribution is 7.91. The topological polar surface area (TPSA) is 92.8 Å². The quantitative estimate of drug-likeness (QED) is 0.472. The Morgan fingerprint density at radius 1 is 1.03 bits per heavy atom.